The molecule has 0 saturated carbocycles. The maximum Gasteiger partial charge on any atom is 0.329 e. The van der Waals surface area contributed by atoms with E-state index in [1.165, 1.54) is 0 Å². The minimum atomic E-state index is -1.06. The van der Waals surface area contributed by atoms with Gasteiger partial charge in [0.15, 0.2) is 0 Å². The fourth-order valence-corrected chi connectivity index (χ4v) is 1.81. The number of hydrogen-bond acceptors (Lipinski definition) is 4. The lowest BCUT2D eigenvalue weighted by molar-refractivity contribution is -0.143. The molecule has 1 saturated heterocycles. The van der Waals surface area contributed by atoms with Gasteiger partial charge in [-0.3, -0.25) is 4.79 Å². The van der Waals surface area contributed by atoms with Gasteiger partial charge in [-0.25, -0.2) is 4.79 Å². The first-order valence-electron chi connectivity index (χ1n) is 5.82. The number of nitrogens with zero attached hydrogens (tertiary/aromatic N) is 1. The van der Waals surface area contributed by atoms with Crippen molar-refractivity contribution in [2.45, 2.75) is 12.8 Å². The van der Waals surface area contributed by atoms with Gasteiger partial charge in [0.25, 0.3) is 0 Å². The lowest BCUT2D eigenvalue weighted by atomic mass is 9.97. The summed E-state index contributed by atoms with van der Waals surface area (Å²) >= 11 is 0. The number of rotatable bonds is 6. The number of hydrogen-bond donors (Lipinski definition) is 2. The number of likely N-dealkylation sites (tertiary alicyclic amines) is 1. The minimum Gasteiger partial charge on any atom is -0.480 e. The molecular formula is C11H20N2O4. The molecule has 0 aromatic heterocycles. The number of aliphatic carboxylic acids is 1. The molecule has 0 bridgehead atoms. The number of carboxylic acids is 1. The highest BCUT2D eigenvalue weighted by Gasteiger charge is 2.17. The summed E-state index contributed by atoms with van der Waals surface area (Å²) in [6.45, 7) is 2.18. The van der Waals surface area contributed by atoms with Crippen LogP contribution in [0.15, 0.2) is 0 Å². The molecule has 0 aromatic carbocycles. The lowest BCUT2D eigenvalue weighted by Gasteiger charge is -2.28. The van der Waals surface area contributed by atoms with Gasteiger partial charge < -0.3 is 20.1 Å². The predicted octanol–water partition coefficient (Wildman–Crippen LogP) is -0.454. The molecule has 6 nitrogen and oxygen atoms in total. The van der Waals surface area contributed by atoms with E-state index < -0.39 is 12.6 Å². The fourth-order valence-electron chi connectivity index (χ4n) is 1.81. The summed E-state index contributed by atoms with van der Waals surface area (Å²) in [4.78, 5) is 23.7. The van der Waals surface area contributed by atoms with Crippen molar-refractivity contribution >= 4 is 11.9 Å². The Morgan fingerprint density at radius 2 is 2.00 bits per heavy atom. The van der Waals surface area contributed by atoms with Gasteiger partial charge in [-0.2, -0.15) is 0 Å². The number of carboxylic acid groups (broad SMARTS) is 1. The number of carbonyl (C=O) groups is 2. The summed E-state index contributed by atoms with van der Waals surface area (Å²) in [5.74, 6) is -0.784. The van der Waals surface area contributed by atoms with E-state index in [0.717, 1.165) is 25.9 Å². The average molecular weight is 244 g/mol. The largest absolute Gasteiger partial charge is 0.480 e. The van der Waals surface area contributed by atoms with Crippen molar-refractivity contribution in [3.05, 3.63) is 0 Å². The van der Waals surface area contributed by atoms with Gasteiger partial charge in [-0.1, -0.05) is 0 Å². The molecule has 98 valence electrons. The molecule has 1 fully saturated rings. The van der Waals surface area contributed by atoms with E-state index in [-0.39, 0.29) is 12.5 Å². The number of piperidine rings is 1. The van der Waals surface area contributed by atoms with Crippen LogP contribution in [0.1, 0.15) is 12.8 Å². The number of ether oxygens (including phenoxy) is 1. The van der Waals surface area contributed by atoms with E-state index in [1.807, 2.05) is 0 Å². The van der Waals surface area contributed by atoms with Gasteiger partial charge in [0.1, 0.15) is 13.2 Å². The standard InChI is InChI=1S/C11H20N2O4/c1-13-4-2-9(3-5-13)6-12-10(14)7-17-8-11(15)16/h9H,2-8H2,1H3,(H,12,14)(H,15,16). The second-order valence-electron chi connectivity index (χ2n) is 4.44. The summed E-state index contributed by atoms with van der Waals surface area (Å²) in [7, 11) is 2.09. The van der Waals surface area contributed by atoms with E-state index >= 15 is 0 Å². The van der Waals surface area contributed by atoms with Gasteiger partial charge in [0.05, 0.1) is 0 Å². The predicted molar refractivity (Wildman–Crippen MR) is 61.7 cm³/mol. The first-order chi connectivity index (χ1) is 8.08. The van der Waals surface area contributed by atoms with Crippen molar-refractivity contribution in [3.8, 4) is 0 Å². The molecule has 0 atom stereocenters. The highest BCUT2D eigenvalue weighted by Crippen LogP contribution is 2.14. The number of nitrogens with one attached hydrogen (secondary N) is 1. The van der Waals surface area contributed by atoms with Crippen LogP contribution in [-0.4, -0.2) is 61.8 Å². The first kappa shape index (κ1) is 13.9. The maximum absolute atomic E-state index is 11.3. The highest BCUT2D eigenvalue weighted by molar-refractivity contribution is 5.77. The third-order valence-electron chi connectivity index (χ3n) is 2.88. The maximum atomic E-state index is 11.3. The van der Waals surface area contributed by atoms with Crippen molar-refractivity contribution in [3.63, 3.8) is 0 Å². The normalized spacial score (nSPS) is 17.9. The number of carbonyl (C=O) groups excluding carboxylic acids is 1. The van der Waals surface area contributed by atoms with Crippen LogP contribution in [0.2, 0.25) is 0 Å². The van der Waals surface area contributed by atoms with Crippen LogP contribution in [0.3, 0.4) is 0 Å². The van der Waals surface area contributed by atoms with Crippen LogP contribution >= 0.6 is 0 Å². The first-order valence-corrected chi connectivity index (χ1v) is 5.82. The van der Waals surface area contributed by atoms with Crippen LogP contribution in [0, 0.1) is 5.92 Å². The molecule has 2 N–H and O–H groups in total. The Morgan fingerprint density at radius 1 is 1.35 bits per heavy atom. The van der Waals surface area contributed by atoms with Crippen LogP contribution in [0.5, 0.6) is 0 Å². The highest BCUT2D eigenvalue weighted by atomic mass is 16.5. The van der Waals surface area contributed by atoms with Gasteiger partial charge in [0.2, 0.25) is 5.91 Å². The molecule has 1 rings (SSSR count). The second-order valence-corrected chi connectivity index (χ2v) is 4.44. The lowest BCUT2D eigenvalue weighted by Crippen LogP contribution is -2.38. The Hall–Kier alpha value is -1.14. The van der Waals surface area contributed by atoms with E-state index in [2.05, 4.69) is 17.3 Å². The summed E-state index contributed by atoms with van der Waals surface area (Å²) in [6.07, 6.45) is 2.18. The van der Waals surface area contributed by atoms with Crippen molar-refractivity contribution in [1.82, 2.24) is 10.2 Å². The molecule has 1 aliphatic heterocycles. The quantitative estimate of drug-likeness (QED) is 0.661. The van der Waals surface area contributed by atoms with Crippen LogP contribution in [0.25, 0.3) is 0 Å². The molecular weight excluding hydrogens is 224 g/mol. The zero-order valence-electron chi connectivity index (χ0n) is 10.1. The van der Waals surface area contributed by atoms with Gasteiger partial charge in [-0.05, 0) is 38.9 Å². The smallest absolute Gasteiger partial charge is 0.329 e. The van der Waals surface area contributed by atoms with Crippen LogP contribution < -0.4 is 5.32 Å². The SMILES string of the molecule is CN1CCC(CNC(=O)COCC(=O)O)CC1. The molecule has 0 aromatic rings. The molecule has 1 aliphatic rings. The van der Waals surface area contributed by atoms with E-state index in [1.54, 1.807) is 0 Å². The van der Waals surface area contributed by atoms with Crippen molar-refractivity contribution in [1.29, 1.82) is 0 Å². The third-order valence-corrected chi connectivity index (χ3v) is 2.88. The van der Waals surface area contributed by atoms with Gasteiger partial charge in [0, 0.05) is 6.54 Å². The Bertz CT molecular complexity index is 262. The molecule has 17 heavy (non-hydrogen) atoms. The van der Waals surface area contributed by atoms with Gasteiger partial charge in [-0.15, -0.1) is 0 Å². The molecule has 0 aliphatic carbocycles. The summed E-state index contributed by atoms with van der Waals surface area (Å²) in [5, 5.41) is 11.1. The van der Waals surface area contributed by atoms with E-state index in [9.17, 15) is 9.59 Å². The monoisotopic (exact) mass is 244 g/mol. The van der Waals surface area contributed by atoms with Crippen LogP contribution in [0.4, 0.5) is 0 Å². The Labute approximate surface area is 101 Å². The third kappa shape index (κ3) is 6.23. The molecule has 1 amide bonds. The van der Waals surface area contributed by atoms with Crippen molar-refractivity contribution < 1.29 is 19.4 Å². The Balaban J connectivity index is 2.05. The molecule has 1 heterocycles. The van der Waals surface area contributed by atoms with Crippen molar-refractivity contribution in [2.75, 3.05) is 39.9 Å². The zero-order valence-corrected chi connectivity index (χ0v) is 10.1. The molecule has 0 spiro atoms. The Kier molecular flexibility index (Phi) is 5.93. The summed E-state index contributed by atoms with van der Waals surface area (Å²) < 4.78 is 4.69. The second kappa shape index (κ2) is 7.24. The van der Waals surface area contributed by atoms with Crippen LogP contribution in [-0.2, 0) is 14.3 Å². The summed E-state index contributed by atoms with van der Waals surface area (Å²) in [5.41, 5.74) is 0. The molecule has 0 unspecified atom stereocenters. The van der Waals surface area contributed by atoms with Crippen molar-refractivity contribution in [2.24, 2.45) is 5.92 Å². The van der Waals surface area contributed by atoms with Gasteiger partial charge >= 0.3 is 5.97 Å². The number of amides is 1. The fraction of sp³-hybridized carbons (Fsp3) is 0.818. The Morgan fingerprint density at radius 3 is 2.59 bits per heavy atom. The van der Waals surface area contributed by atoms with E-state index in [0.29, 0.717) is 12.5 Å². The summed E-state index contributed by atoms with van der Waals surface area (Å²) in [6, 6.07) is 0. The average Bonchev–Trinajstić information content (AvgIpc) is 2.28. The van der Waals surface area contributed by atoms with E-state index in [4.69, 9.17) is 9.84 Å². The minimum absolute atomic E-state index is 0.182. The molecule has 6 heteroatoms. The topological polar surface area (TPSA) is 78.9 Å². The zero-order chi connectivity index (χ0) is 12.7. The molecule has 0 radical (unpaired) electrons.